The van der Waals surface area contributed by atoms with E-state index in [1.165, 1.54) is 23.3 Å². The average molecular weight is 465 g/mol. The van der Waals surface area contributed by atoms with Crippen molar-refractivity contribution in [1.29, 1.82) is 0 Å². The van der Waals surface area contributed by atoms with Gasteiger partial charge in [-0.1, -0.05) is 6.08 Å². The largest absolute Gasteiger partial charge is 0.471 e. The average Bonchev–Trinajstić information content (AvgIpc) is 3.46. The van der Waals surface area contributed by atoms with Crippen molar-refractivity contribution < 1.29 is 42.6 Å². The Balaban J connectivity index is 1.45. The summed E-state index contributed by atoms with van der Waals surface area (Å²) in [5, 5.41) is 21.9. The zero-order valence-corrected chi connectivity index (χ0v) is 17.3. The number of aromatic nitrogens is 1. The lowest BCUT2D eigenvalue weighted by molar-refractivity contribution is -0.141. The zero-order chi connectivity index (χ0) is 23.5. The van der Waals surface area contributed by atoms with E-state index < -0.39 is 42.4 Å². The van der Waals surface area contributed by atoms with Crippen LogP contribution in [0.25, 0.3) is 5.57 Å². The highest BCUT2D eigenvalue weighted by molar-refractivity contribution is 5.90. The first-order valence-corrected chi connectivity index (χ1v) is 10.1. The third-order valence-electron chi connectivity index (χ3n) is 5.34. The molecule has 12 heteroatoms. The van der Waals surface area contributed by atoms with Gasteiger partial charge in [0, 0.05) is 24.7 Å². The lowest BCUT2D eigenvalue weighted by Crippen LogP contribution is -2.42. The number of cyclic esters (lactones) is 1. The second-order valence-electron chi connectivity index (χ2n) is 7.51. The number of nitrogens with zero attached hydrogens (tertiary/aromatic N) is 3. The molecule has 0 aliphatic carbocycles. The number of aliphatic hydroxyl groups excluding tert-OH is 2. The van der Waals surface area contributed by atoms with E-state index in [-0.39, 0.29) is 49.8 Å². The fourth-order valence-corrected chi connectivity index (χ4v) is 3.68. The van der Waals surface area contributed by atoms with Crippen molar-refractivity contribution in [1.82, 2.24) is 10.1 Å². The van der Waals surface area contributed by atoms with E-state index in [1.807, 2.05) is 0 Å². The number of hydrogen-bond donors (Lipinski definition) is 2. The lowest BCUT2D eigenvalue weighted by atomic mass is 9.97. The van der Waals surface area contributed by atoms with Crippen molar-refractivity contribution in [2.45, 2.75) is 18.6 Å². The summed E-state index contributed by atoms with van der Waals surface area (Å²) in [5.74, 6) is -2.15. The van der Waals surface area contributed by atoms with Crippen molar-refractivity contribution >= 4 is 23.3 Å². The quantitative estimate of drug-likeness (QED) is 0.627. The van der Waals surface area contributed by atoms with Gasteiger partial charge in [0.25, 0.3) is 11.8 Å². The molecule has 10 nitrogen and oxygen atoms in total. The summed E-state index contributed by atoms with van der Waals surface area (Å²) in [6.45, 7) is -0.513. The van der Waals surface area contributed by atoms with E-state index in [9.17, 15) is 23.5 Å². The minimum atomic E-state index is -1.53. The van der Waals surface area contributed by atoms with Gasteiger partial charge >= 0.3 is 6.09 Å². The van der Waals surface area contributed by atoms with Crippen molar-refractivity contribution in [3.63, 3.8) is 0 Å². The van der Waals surface area contributed by atoms with Gasteiger partial charge in [-0.2, -0.15) is 0 Å². The first kappa shape index (κ1) is 22.7. The fourth-order valence-electron chi connectivity index (χ4n) is 3.68. The molecule has 2 atom stereocenters. The van der Waals surface area contributed by atoms with Crippen LogP contribution in [0.4, 0.5) is 19.3 Å². The number of hydrogen-bond acceptors (Lipinski definition) is 8. The zero-order valence-electron chi connectivity index (χ0n) is 17.3. The molecular formula is C21H21F2N3O7. The summed E-state index contributed by atoms with van der Waals surface area (Å²) in [4.78, 5) is 26.6. The normalized spacial score (nSPS) is 19.3. The van der Waals surface area contributed by atoms with E-state index in [1.54, 1.807) is 0 Å². The number of amides is 2. The van der Waals surface area contributed by atoms with E-state index >= 15 is 0 Å². The minimum Gasteiger partial charge on any atom is -0.471 e. The van der Waals surface area contributed by atoms with Gasteiger partial charge < -0.3 is 29.1 Å². The maximum absolute atomic E-state index is 14.9. The van der Waals surface area contributed by atoms with Gasteiger partial charge in [-0.3, -0.25) is 9.69 Å². The summed E-state index contributed by atoms with van der Waals surface area (Å²) < 4.78 is 44.9. The molecule has 0 spiro atoms. The molecular weight excluding hydrogens is 444 g/mol. The van der Waals surface area contributed by atoms with Gasteiger partial charge in [-0.25, -0.2) is 13.6 Å². The molecule has 176 valence electrons. The molecule has 2 aliphatic heterocycles. The number of aliphatic hydroxyl groups is 2. The van der Waals surface area contributed by atoms with E-state index in [0.717, 1.165) is 17.0 Å². The van der Waals surface area contributed by atoms with Crippen molar-refractivity contribution in [2.24, 2.45) is 0 Å². The molecule has 2 aromatic rings. The monoisotopic (exact) mass is 465 g/mol. The van der Waals surface area contributed by atoms with Crippen molar-refractivity contribution in [3.8, 4) is 5.88 Å². The topological polar surface area (TPSA) is 126 Å². The molecule has 1 fully saturated rings. The Morgan fingerprint density at radius 1 is 1.33 bits per heavy atom. The molecule has 2 aliphatic rings. The van der Waals surface area contributed by atoms with Crippen LogP contribution >= 0.6 is 0 Å². The van der Waals surface area contributed by atoms with E-state index in [0.29, 0.717) is 5.57 Å². The van der Waals surface area contributed by atoms with Gasteiger partial charge in [0.05, 0.1) is 18.8 Å². The van der Waals surface area contributed by atoms with Crippen molar-refractivity contribution in [3.05, 3.63) is 47.7 Å². The Morgan fingerprint density at radius 3 is 2.70 bits per heavy atom. The maximum atomic E-state index is 14.9. The van der Waals surface area contributed by atoms with Crippen molar-refractivity contribution in [2.75, 3.05) is 37.7 Å². The Labute approximate surface area is 186 Å². The first-order valence-electron chi connectivity index (χ1n) is 10.1. The lowest BCUT2D eigenvalue weighted by Gasteiger charge is -2.28. The number of halogens is 2. The molecule has 2 N–H and O–H groups in total. The third kappa shape index (κ3) is 4.81. The van der Waals surface area contributed by atoms with Crippen LogP contribution in [0.15, 0.2) is 35.1 Å². The van der Waals surface area contributed by atoms with Gasteiger partial charge in [-0.15, -0.1) is 0 Å². The van der Waals surface area contributed by atoms with E-state index in [4.69, 9.17) is 14.6 Å². The number of benzene rings is 1. The summed E-state index contributed by atoms with van der Waals surface area (Å²) in [6.07, 6.45) is 0.0179. The number of rotatable bonds is 7. The van der Waals surface area contributed by atoms with Crippen LogP contribution in [0.5, 0.6) is 5.88 Å². The molecule has 0 radical (unpaired) electrons. The number of ether oxygens (including phenoxy) is 2. The molecule has 0 bridgehead atoms. The first-order chi connectivity index (χ1) is 15.9. The Morgan fingerprint density at radius 2 is 2.09 bits per heavy atom. The molecule has 4 rings (SSSR count). The van der Waals surface area contributed by atoms with Crippen LogP contribution in [0.2, 0.25) is 0 Å². The number of carbonyl (C=O) groups is 2. The van der Waals surface area contributed by atoms with Gasteiger partial charge in [0.15, 0.2) is 12.2 Å². The molecule has 2 amide bonds. The van der Waals surface area contributed by atoms with Crippen LogP contribution in [-0.2, 0) is 9.53 Å². The number of anilines is 1. The van der Waals surface area contributed by atoms with Gasteiger partial charge in [-0.05, 0) is 29.3 Å². The Kier molecular flexibility index (Phi) is 6.56. The number of carbonyl (C=O) groups excluding carboxylic acids is 2. The van der Waals surface area contributed by atoms with Crippen LogP contribution in [0, 0.1) is 11.6 Å². The molecule has 33 heavy (non-hydrogen) atoms. The third-order valence-corrected chi connectivity index (χ3v) is 5.34. The molecule has 1 saturated heterocycles. The second kappa shape index (κ2) is 9.55. The SMILES string of the molecule is O=C([C@@H](O)CO)N1CC=C(c2c(F)cc(N3C[C@H](COc4ccon4)OC3=O)cc2F)CC1. The Bertz CT molecular complexity index is 1040. The molecule has 0 unspecified atom stereocenters. The predicted molar refractivity (Wildman–Crippen MR) is 108 cm³/mol. The highest BCUT2D eigenvalue weighted by Gasteiger charge is 2.34. The van der Waals surface area contributed by atoms with Crippen LogP contribution < -0.4 is 9.64 Å². The molecule has 1 aromatic heterocycles. The summed E-state index contributed by atoms with van der Waals surface area (Å²) in [6, 6.07) is 3.59. The highest BCUT2D eigenvalue weighted by Crippen LogP contribution is 2.32. The van der Waals surface area contributed by atoms with Crippen LogP contribution in [-0.4, -0.2) is 77.3 Å². The smallest absolute Gasteiger partial charge is 0.414 e. The molecule has 0 saturated carbocycles. The maximum Gasteiger partial charge on any atom is 0.414 e. The van der Waals surface area contributed by atoms with Crippen LogP contribution in [0.3, 0.4) is 0 Å². The highest BCUT2D eigenvalue weighted by atomic mass is 19.1. The van der Waals surface area contributed by atoms with Crippen LogP contribution in [0.1, 0.15) is 12.0 Å². The standard InChI is InChI=1S/C21H21F2N3O7/c22-15-7-13(26-9-14(33-21(26)30)11-31-18-3-6-32-24-18)8-16(23)19(15)12-1-4-25(5-2-12)20(29)17(28)10-27/h1,3,6-8,14,17,27-28H,2,4-5,9-11H2/t14-,17+/m1/s1. The summed E-state index contributed by atoms with van der Waals surface area (Å²) in [7, 11) is 0. The molecule has 1 aromatic carbocycles. The molecule has 3 heterocycles. The summed E-state index contributed by atoms with van der Waals surface area (Å²) >= 11 is 0. The Hall–Kier alpha value is -3.51. The summed E-state index contributed by atoms with van der Waals surface area (Å²) in [5.41, 5.74) is 0.121. The minimum absolute atomic E-state index is 0.00182. The predicted octanol–water partition coefficient (Wildman–Crippen LogP) is 1.33. The second-order valence-corrected chi connectivity index (χ2v) is 7.51. The van der Waals surface area contributed by atoms with Gasteiger partial charge in [0.1, 0.15) is 24.5 Å². The fraction of sp³-hybridized carbons (Fsp3) is 0.381. The van der Waals surface area contributed by atoms with Gasteiger partial charge in [0.2, 0.25) is 0 Å². The van der Waals surface area contributed by atoms with E-state index in [2.05, 4.69) is 9.68 Å².